The monoisotopic (exact) mass is 248 g/mol. The molecule has 2 rings (SSSR count). The summed E-state index contributed by atoms with van der Waals surface area (Å²) in [5.74, 6) is 2.34. The molecule has 1 fully saturated rings. The van der Waals surface area contributed by atoms with Crippen LogP contribution in [0.3, 0.4) is 0 Å². The molecule has 4 heteroatoms. The summed E-state index contributed by atoms with van der Waals surface area (Å²) in [6.07, 6.45) is 6.08. The number of anilines is 2. The Labute approximate surface area is 109 Å². The van der Waals surface area contributed by atoms with Crippen LogP contribution in [0.4, 0.5) is 11.6 Å². The van der Waals surface area contributed by atoms with Gasteiger partial charge in [0.1, 0.15) is 17.5 Å². The number of nitrogen functional groups attached to an aromatic ring is 1. The van der Waals surface area contributed by atoms with Crippen molar-refractivity contribution in [1.29, 1.82) is 0 Å². The highest BCUT2D eigenvalue weighted by atomic mass is 15.1. The van der Waals surface area contributed by atoms with Gasteiger partial charge in [0.15, 0.2) is 0 Å². The lowest BCUT2D eigenvalue weighted by atomic mass is 9.67. The highest BCUT2D eigenvalue weighted by molar-refractivity contribution is 5.54. The molecule has 4 nitrogen and oxygen atoms in total. The van der Waals surface area contributed by atoms with E-state index in [-0.39, 0.29) is 0 Å². The molecule has 0 spiro atoms. The van der Waals surface area contributed by atoms with Gasteiger partial charge in [0.25, 0.3) is 0 Å². The second kappa shape index (κ2) is 5.12. The highest BCUT2D eigenvalue weighted by Crippen LogP contribution is 2.43. The Hall–Kier alpha value is -1.32. The average molecular weight is 248 g/mol. The minimum atomic E-state index is 0.485. The molecule has 1 aromatic heterocycles. The molecule has 1 aromatic rings. The molecule has 0 bridgehead atoms. The number of nitrogens with one attached hydrogen (secondary N) is 1. The Morgan fingerprint density at radius 3 is 2.50 bits per heavy atom. The molecular formula is C14H24N4. The van der Waals surface area contributed by atoms with Gasteiger partial charge >= 0.3 is 0 Å². The topological polar surface area (TPSA) is 63.8 Å². The van der Waals surface area contributed by atoms with Crippen LogP contribution in [-0.4, -0.2) is 16.5 Å². The zero-order valence-corrected chi connectivity index (χ0v) is 11.7. The van der Waals surface area contributed by atoms with Crippen LogP contribution in [0.2, 0.25) is 0 Å². The molecular weight excluding hydrogens is 224 g/mol. The van der Waals surface area contributed by atoms with Gasteiger partial charge in [0.2, 0.25) is 0 Å². The number of nitrogens with two attached hydrogens (primary N) is 1. The van der Waals surface area contributed by atoms with Crippen molar-refractivity contribution < 1.29 is 0 Å². The molecule has 1 saturated carbocycles. The van der Waals surface area contributed by atoms with Crippen LogP contribution in [0.1, 0.15) is 50.9 Å². The first kappa shape index (κ1) is 13.1. The van der Waals surface area contributed by atoms with Gasteiger partial charge in [0.05, 0.1) is 0 Å². The number of nitrogens with zero attached hydrogens (tertiary/aromatic N) is 2. The zero-order valence-electron chi connectivity index (χ0n) is 11.7. The first-order chi connectivity index (χ1) is 8.60. The standard InChI is InChI=1S/C14H24N4/c1-4-11-17-12(15)10(3)13(18-11)16-9-14(5-2)7-6-8-14/h4-9H2,1-3H3,(H3,15,16,17,18). The van der Waals surface area contributed by atoms with Gasteiger partial charge in [-0.1, -0.05) is 20.3 Å². The molecule has 0 unspecified atom stereocenters. The molecule has 1 heterocycles. The fourth-order valence-corrected chi connectivity index (χ4v) is 2.52. The smallest absolute Gasteiger partial charge is 0.134 e. The third-order valence-electron chi connectivity index (χ3n) is 4.34. The molecule has 0 atom stereocenters. The van der Waals surface area contributed by atoms with E-state index < -0.39 is 0 Å². The van der Waals surface area contributed by atoms with Crippen molar-refractivity contribution in [2.45, 2.75) is 52.9 Å². The maximum absolute atomic E-state index is 5.92. The van der Waals surface area contributed by atoms with E-state index in [2.05, 4.69) is 22.2 Å². The van der Waals surface area contributed by atoms with Gasteiger partial charge in [-0.25, -0.2) is 9.97 Å². The van der Waals surface area contributed by atoms with E-state index >= 15 is 0 Å². The van der Waals surface area contributed by atoms with E-state index in [0.717, 1.165) is 30.2 Å². The lowest BCUT2D eigenvalue weighted by Crippen LogP contribution is -2.36. The lowest BCUT2D eigenvalue weighted by Gasteiger charge is -2.41. The molecule has 0 amide bonds. The van der Waals surface area contributed by atoms with Crippen LogP contribution in [0.5, 0.6) is 0 Å². The van der Waals surface area contributed by atoms with Crippen molar-refractivity contribution in [3.63, 3.8) is 0 Å². The summed E-state index contributed by atoms with van der Waals surface area (Å²) in [6.45, 7) is 7.31. The van der Waals surface area contributed by atoms with Gasteiger partial charge in [-0.15, -0.1) is 0 Å². The maximum Gasteiger partial charge on any atom is 0.134 e. The van der Waals surface area contributed by atoms with Gasteiger partial charge in [0, 0.05) is 18.5 Å². The van der Waals surface area contributed by atoms with E-state index in [9.17, 15) is 0 Å². The zero-order chi connectivity index (χ0) is 13.2. The van der Waals surface area contributed by atoms with Crippen LogP contribution < -0.4 is 11.1 Å². The van der Waals surface area contributed by atoms with E-state index in [0.29, 0.717) is 11.2 Å². The summed E-state index contributed by atoms with van der Waals surface area (Å²) in [4.78, 5) is 8.82. The molecule has 0 radical (unpaired) electrons. The number of aryl methyl sites for hydroxylation is 1. The first-order valence-electron chi connectivity index (χ1n) is 6.97. The minimum absolute atomic E-state index is 0.485. The quantitative estimate of drug-likeness (QED) is 0.841. The van der Waals surface area contributed by atoms with Gasteiger partial charge in [-0.3, -0.25) is 0 Å². The van der Waals surface area contributed by atoms with Gasteiger partial charge < -0.3 is 11.1 Å². The summed E-state index contributed by atoms with van der Waals surface area (Å²) in [6, 6.07) is 0. The third-order valence-corrected chi connectivity index (χ3v) is 4.34. The Morgan fingerprint density at radius 2 is 2.00 bits per heavy atom. The Balaban J connectivity index is 2.11. The largest absolute Gasteiger partial charge is 0.383 e. The molecule has 100 valence electrons. The van der Waals surface area contributed by atoms with Gasteiger partial charge in [-0.2, -0.15) is 0 Å². The third kappa shape index (κ3) is 2.42. The maximum atomic E-state index is 5.92. The molecule has 1 aliphatic carbocycles. The van der Waals surface area contributed by atoms with Crippen LogP contribution in [0.25, 0.3) is 0 Å². The van der Waals surface area contributed by atoms with Gasteiger partial charge in [-0.05, 0) is 31.6 Å². The van der Waals surface area contributed by atoms with Crippen molar-refractivity contribution >= 4 is 11.6 Å². The molecule has 3 N–H and O–H groups in total. The predicted octanol–water partition coefficient (Wildman–Crippen LogP) is 2.92. The molecule has 0 aliphatic heterocycles. The number of aromatic nitrogens is 2. The normalized spacial score (nSPS) is 17.3. The summed E-state index contributed by atoms with van der Waals surface area (Å²) >= 11 is 0. The predicted molar refractivity (Wildman–Crippen MR) is 75.6 cm³/mol. The molecule has 0 aromatic carbocycles. The second-order valence-corrected chi connectivity index (χ2v) is 5.41. The van der Waals surface area contributed by atoms with E-state index in [1.165, 1.54) is 25.7 Å². The van der Waals surface area contributed by atoms with Crippen molar-refractivity contribution in [2.75, 3.05) is 17.6 Å². The lowest BCUT2D eigenvalue weighted by molar-refractivity contribution is 0.145. The van der Waals surface area contributed by atoms with Crippen molar-refractivity contribution in [1.82, 2.24) is 9.97 Å². The fraction of sp³-hybridized carbons (Fsp3) is 0.714. The number of rotatable bonds is 5. The fourth-order valence-electron chi connectivity index (χ4n) is 2.52. The number of hydrogen-bond donors (Lipinski definition) is 2. The second-order valence-electron chi connectivity index (χ2n) is 5.41. The van der Waals surface area contributed by atoms with Crippen LogP contribution >= 0.6 is 0 Å². The summed E-state index contributed by atoms with van der Waals surface area (Å²) < 4.78 is 0. The van der Waals surface area contributed by atoms with Crippen LogP contribution in [0.15, 0.2) is 0 Å². The van der Waals surface area contributed by atoms with Crippen LogP contribution in [0, 0.1) is 12.3 Å². The Bertz CT molecular complexity index is 419. The number of hydrogen-bond acceptors (Lipinski definition) is 4. The van der Waals surface area contributed by atoms with Crippen molar-refractivity contribution in [2.24, 2.45) is 5.41 Å². The Morgan fingerprint density at radius 1 is 1.28 bits per heavy atom. The average Bonchev–Trinajstić information content (AvgIpc) is 2.33. The van der Waals surface area contributed by atoms with E-state index in [4.69, 9.17) is 5.73 Å². The summed E-state index contributed by atoms with van der Waals surface area (Å²) in [5, 5.41) is 3.49. The van der Waals surface area contributed by atoms with Crippen molar-refractivity contribution in [3.05, 3.63) is 11.4 Å². The summed E-state index contributed by atoms with van der Waals surface area (Å²) in [7, 11) is 0. The highest BCUT2D eigenvalue weighted by Gasteiger charge is 2.34. The molecule has 18 heavy (non-hydrogen) atoms. The van der Waals surface area contributed by atoms with E-state index in [1.807, 2.05) is 13.8 Å². The molecule has 1 aliphatic rings. The summed E-state index contributed by atoms with van der Waals surface area (Å²) in [5.41, 5.74) is 7.38. The van der Waals surface area contributed by atoms with Crippen LogP contribution in [-0.2, 0) is 6.42 Å². The van der Waals surface area contributed by atoms with Crippen molar-refractivity contribution in [3.8, 4) is 0 Å². The molecule has 0 saturated heterocycles. The SMILES string of the molecule is CCc1nc(N)c(C)c(NCC2(CC)CCC2)n1. The first-order valence-corrected chi connectivity index (χ1v) is 6.97. The Kier molecular flexibility index (Phi) is 3.73. The van der Waals surface area contributed by atoms with E-state index in [1.54, 1.807) is 0 Å². The minimum Gasteiger partial charge on any atom is -0.383 e.